The number of benzene rings is 1. The molecule has 116 valence electrons. The maximum absolute atomic E-state index is 11.7. The van der Waals surface area contributed by atoms with Crippen LogP contribution < -0.4 is 10.9 Å². The first kappa shape index (κ1) is 15.6. The molecule has 0 unspecified atom stereocenters. The number of nitrogens with zero attached hydrogens (tertiary/aromatic N) is 2. The Balaban J connectivity index is 2.20. The van der Waals surface area contributed by atoms with Gasteiger partial charge in [0.25, 0.3) is 11.2 Å². The smallest absolute Gasteiger partial charge is 0.293 e. The zero-order valence-corrected chi connectivity index (χ0v) is 12.1. The topological polar surface area (TPSA) is 110 Å². The van der Waals surface area contributed by atoms with Crippen molar-refractivity contribution in [1.82, 2.24) is 9.97 Å². The van der Waals surface area contributed by atoms with Crippen molar-refractivity contribution >= 4 is 22.3 Å². The summed E-state index contributed by atoms with van der Waals surface area (Å²) in [7, 11) is 0. The molecule has 0 atom stereocenters. The van der Waals surface area contributed by atoms with Crippen LogP contribution in [0.2, 0.25) is 0 Å². The molecule has 0 fully saturated rings. The first-order chi connectivity index (χ1) is 10.5. The summed E-state index contributed by atoms with van der Waals surface area (Å²) in [6.07, 6.45) is 1.26. The molecule has 0 aliphatic carbocycles. The number of ether oxygens (including phenoxy) is 1. The van der Waals surface area contributed by atoms with Crippen LogP contribution in [0.15, 0.2) is 35.4 Å². The lowest BCUT2D eigenvalue weighted by molar-refractivity contribution is -0.383. The van der Waals surface area contributed by atoms with Crippen LogP contribution in [-0.2, 0) is 4.74 Å². The number of fused-ring (bicyclic) bond motifs is 1. The summed E-state index contributed by atoms with van der Waals surface area (Å²) in [6.45, 7) is 6.78. The van der Waals surface area contributed by atoms with E-state index in [2.05, 4.69) is 21.9 Å². The summed E-state index contributed by atoms with van der Waals surface area (Å²) in [4.78, 5) is 28.7. The van der Waals surface area contributed by atoms with E-state index in [0.717, 1.165) is 5.57 Å². The van der Waals surface area contributed by atoms with Crippen LogP contribution in [0.4, 0.5) is 11.4 Å². The van der Waals surface area contributed by atoms with Gasteiger partial charge in [-0.15, -0.1) is 0 Å². The van der Waals surface area contributed by atoms with Gasteiger partial charge < -0.3 is 15.0 Å². The van der Waals surface area contributed by atoms with E-state index >= 15 is 0 Å². The molecule has 0 saturated heterocycles. The van der Waals surface area contributed by atoms with Gasteiger partial charge in [-0.25, -0.2) is 4.98 Å². The molecule has 1 heterocycles. The fourth-order valence-electron chi connectivity index (χ4n) is 1.90. The molecule has 8 nitrogen and oxygen atoms in total. The van der Waals surface area contributed by atoms with Gasteiger partial charge in [0.15, 0.2) is 0 Å². The highest BCUT2D eigenvalue weighted by Crippen LogP contribution is 2.27. The number of nitro benzene ring substituents is 1. The second-order valence-electron chi connectivity index (χ2n) is 4.81. The normalized spacial score (nSPS) is 10.6. The molecule has 8 heteroatoms. The van der Waals surface area contributed by atoms with Crippen molar-refractivity contribution in [3.63, 3.8) is 0 Å². The van der Waals surface area contributed by atoms with Crippen LogP contribution in [0.1, 0.15) is 6.92 Å². The lowest BCUT2D eigenvalue weighted by Gasteiger charge is -2.08. The minimum absolute atomic E-state index is 0.175. The number of nitrogens with one attached hydrogen (secondary N) is 2. The number of aromatic amines is 1. The Morgan fingerprint density at radius 2 is 2.32 bits per heavy atom. The van der Waals surface area contributed by atoms with E-state index in [9.17, 15) is 14.9 Å². The molecular formula is C14H16N4O4. The van der Waals surface area contributed by atoms with E-state index < -0.39 is 10.5 Å². The van der Waals surface area contributed by atoms with E-state index in [1.807, 2.05) is 6.92 Å². The molecule has 1 aromatic carbocycles. The third-order valence-electron chi connectivity index (χ3n) is 2.86. The summed E-state index contributed by atoms with van der Waals surface area (Å²) in [5.41, 5.74) is 1.00. The largest absolute Gasteiger partial charge is 0.377 e. The molecule has 2 rings (SSSR count). The minimum atomic E-state index is -0.539. The summed E-state index contributed by atoms with van der Waals surface area (Å²) in [5, 5.41) is 14.3. The van der Waals surface area contributed by atoms with Gasteiger partial charge in [0.2, 0.25) is 0 Å². The fourth-order valence-corrected chi connectivity index (χ4v) is 1.90. The van der Waals surface area contributed by atoms with E-state index in [1.54, 1.807) is 0 Å². The molecule has 2 aromatic rings. The second-order valence-corrected chi connectivity index (χ2v) is 4.81. The SMILES string of the molecule is C=C(C)COCCNc1cc2nc[nH]c(=O)c2cc1[N+](=O)[O-]. The van der Waals surface area contributed by atoms with Crippen LogP contribution in [0.3, 0.4) is 0 Å². The fraction of sp³-hybridized carbons (Fsp3) is 0.286. The van der Waals surface area contributed by atoms with Gasteiger partial charge in [-0.1, -0.05) is 12.2 Å². The predicted molar refractivity (Wildman–Crippen MR) is 83.1 cm³/mol. The van der Waals surface area contributed by atoms with Crippen molar-refractivity contribution in [2.24, 2.45) is 0 Å². The molecular weight excluding hydrogens is 288 g/mol. The highest BCUT2D eigenvalue weighted by molar-refractivity contribution is 5.86. The molecule has 0 radical (unpaired) electrons. The van der Waals surface area contributed by atoms with Gasteiger partial charge in [-0.3, -0.25) is 14.9 Å². The van der Waals surface area contributed by atoms with Gasteiger partial charge in [0.05, 0.1) is 35.4 Å². The van der Waals surface area contributed by atoms with Gasteiger partial charge in [-0.05, 0) is 13.0 Å². The number of aromatic nitrogens is 2. The Kier molecular flexibility index (Phi) is 4.84. The molecule has 22 heavy (non-hydrogen) atoms. The van der Waals surface area contributed by atoms with Gasteiger partial charge >= 0.3 is 0 Å². The third-order valence-corrected chi connectivity index (χ3v) is 2.86. The molecule has 2 N–H and O–H groups in total. The molecule has 0 saturated carbocycles. The average Bonchev–Trinajstić information content (AvgIpc) is 2.46. The number of H-pyrrole nitrogens is 1. The molecule has 0 aliphatic rings. The highest BCUT2D eigenvalue weighted by Gasteiger charge is 2.16. The van der Waals surface area contributed by atoms with E-state index in [1.165, 1.54) is 18.5 Å². The van der Waals surface area contributed by atoms with Crippen LogP contribution in [0.25, 0.3) is 10.9 Å². The predicted octanol–water partition coefficient (Wildman–Crippen LogP) is 1.84. The molecule has 1 aromatic heterocycles. The molecule has 0 amide bonds. The van der Waals surface area contributed by atoms with Crippen LogP contribution >= 0.6 is 0 Å². The van der Waals surface area contributed by atoms with Gasteiger partial charge in [-0.2, -0.15) is 0 Å². The first-order valence-corrected chi connectivity index (χ1v) is 6.61. The number of rotatable bonds is 7. The van der Waals surface area contributed by atoms with Crippen LogP contribution in [0.5, 0.6) is 0 Å². The minimum Gasteiger partial charge on any atom is -0.377 e. The van der Waals surface area contributed by atoms with Gasteiger partial charge in [0.1, 0.15) is 5.69 Å². The lowest BCUT2D eigenvalue weighted by Crippen LogP contribution is -2.12. The van der Waals surface area contributed by atoms with E-state index in [4.69, 9.17) is 4.74 Å². The van der Waals surface area contributed by atoms with Crippen molar-refractivity contribution < 1.29 is 9.66 Å². The first-order valence-electron chi connectivity index (χ1n) is 6.61. The monoisotopic (exact) mass is 304 g/mol. The zero-order chi connectivity index (χ0) is 16.1. The van der Waals surface area contributed by atoms with Gasteiger partial charge in [0, 0.05) is 12.6 Å². The summed E-state index contributed by atoms with van der Waals surface area (Å²) >= 11 is 0. The second kappa shape index (κ2) is 6.81. The van der Waals surface area contributed by atoms with Crippen molar-refractivity contribution in [1.29, 1.82) is 0 Å². The van der Waals surface area contributed by atoms with Crippen molar-refractivity contribution in [3.05, 3.63) is 51.1 Å². The number of nitro groups is 1. The average molecular weight is 304 g/mol. The molecule has 0 spiro atoms. The maximum atomic E-state index is 11.7. The van der Waals surface area contributed by atoms with Crippen molar-refractivity contribution in [3.8, 4) is 0 Å². The summed E-state index contributed by atoms with van der Waals surface area (Å²) < 4.78 is 5.32. The Hall–Kier alpha value is -2.74. The number of hydrogen-bond acceptors (Lipinski definition) is 6. The van der Waals surface area contributed by atoms with E-state index in [-0.39, 0.29) is 11.1 Å². The Labute approximate surface area is 126 Å². The zero-order valence-electron chi connectivity index (χ0n) is 12.1. The van der Waals surface area contributed by atoms with Crippen molar-refractivity contribution in [2.75, 3.05) is 25.1 Å². The molecule has 0 bridgehead atoms. The highest BCUT2D eigenvalue weighted by atomic mass is 16.6. The Bertz CT molecular complexity index is 769. The van der Waals surface area contributed by atoms with Crippen molar-refractivity contribution in [2.45, 2.75) is 6.92 Å². The Morgan fingerprint density at radius 3 is 3.00 bits per heavy atom. The summed E-state index contributed by atoms with van der Waals surface area (Å²) in [6, 6.07) is 2.71. The number of hydrogen-bond donors (Lipinski definition) is 2. The Morgan fingerprint density at radius 1 is 1.55 bits per heavy atom. The van der Waals surface area contributed by atoms with Crippen LogP contribution in [-0.4, -0.2) is 34.6 Å². The maximum Gasteiger partial charge on any atom is 0.293 e. The lowest BCUT2D eigenvalue weighted by atomic mass is 10.2. The van der Waals surface area contributed by atoms with E-state index in [0.29, 0.717) is 31.0 Å². The molecule has 0 aliphatic heterocycles. The summed E-state index contributed by atoms with van der Waals surface area (Å²) in [5.74, 6) is 0. The number of anilines is 1. The quantitative estimate of drug-likeness (QED) is 0.349. The third kappa shape index (κ3) is 3.67. The van der Waals surface area contributed by atoms with Crippen LogP contribution in [0, 0.1) is 10.1 Å². The standard InChI is InChI=1S/C14H16N4O4/c1-9(2)7-22-4-3-15-12-6-11-10(5-13(12)18(20)21)14(19)17-8-16-11/h5-6,8,15H,1,3-4,7H2,2H3,(H,16,17,19).